The highest BCUT2D eigenvalue weighted by molar-refractivity contribution is 7.99. The number of hydrogen-bond acceptors (Lipinski definition) is 3. The lowest BCUT2D eigenvalue weighted by Crippen LogP contribution is -2.28. The van der Waals surface area contributed by atoms with Crippen LogP contribution in [-0.2, 0) is 4.79 Å². The number of thioether (sulfide) groups is 1. The number of anilines is 1. The van der Waals surface area contributed by atoms with Gasteiger partial charge in [-0.25, -0.2) is 0 Å². The molecule has 1 amide bonds. The van der Waals surface area contributed by atoms with Crippen LogP contribution in [-0.4, -0.2) is 11.7 Å². The molecule has 0 heterocycles. The van der Waals surface area contributed by atoms with Crippen LogP contribution < -0.4 is 5.32 Å². The summed E-state index contributed by atoms with van der Waals surface area (Å²) in [6.07, 6.45) is 3.71. The molecule has 0 unspecified atom stereocenters. The number of hydrogen-bond donors (Lipinski definition) is 1. The van der Waals surface area contributed by atoms with Crippen molar-refractivity contribution in [2.75, 3.05) is 11.1 Å². The summed E-state index contributed by atoms with van der Waals surface area (Å²) >= 11 is 1.61. The van der Waals surface area contributed by atoms with E-state index in [1.165, 1.54) is 0 Å². The van der Waals surface area contributed by atoms with Crippen molar-refractivity contribution in [2.24, 2.45) is 5.92 Å². The fourth-order valence-corrected chi connectivity index (χ4v) is 2.67. The Hall–Kier alpha value is -1.47. The fourth-order valence-electron chi connectivity index (χ4n) is 1.81. The summed E-state index contributed by atoms with van der Waals surface area (Å²) in [5.41, 5.74) is 0.873. The molecule has 94 valence electrons. The number of carbonyl (C=O) groups is 1. The van der Waals surface area contributed by atoms with Gasteiger partial charge in [-0.2, -0.15) is 5.26 Å². The van der Waals surface area contributed by atoms with E-state index in [1.807, 2.05) is 24.3 Å². The second-order valence-electron chi connectivity index (χ2n) is 4.37. The lowest BCUT2D eigenvalue weighted by Gasteiger charge is -2.24. The second-order valence-corrected chi connectivity index (χ2v) is 5.51. The molecule has 0 aliphatic heterocycles. The third kappa shape index (κ3) is 3.27. The zero-order chi connectivity index (χ0) is 12.8. The molecule has 0 spiro atoms. The van der Waals surface area contributed by atoms with E-state index in [1.54, 1.807) is 11.8 Å². The van der Waals surface area contributed by atoms with Gasteiger partial charge in [0, 0.05) is 23.0 Å². The van der Waals surface area contributed by atoms with Crippen LogP contribution in [0.15, 0.2) is 29.2 Å². The van der Waals surface area contributed by atoms with Crippen LogP contribution in [0.4, 0.5) is 5.69 Å². The van der Waals surface area contributed by atoms with Crippen molar-refractivity contribution in [3.63, 3.8) is 0 Å². The first-order valence-corrected chi connectivity index (χ1v) is 7.19. The normalized spacial score (nSPS) is 14.6. The summed E-state index contributed by atoms with van der Waals surface area (Å²) in [7, 11) is 0. The average Bonchev–Trinajstić information content (AvgIpc) is 2.29. The Bertz CT molecular complexity index is 463. The lowest BCUT2D eigenvalue weighted by molar-refractivity contribution is -0.122. The van der Waals surface area contributed by atoms with Crippen molar-refractivity contribution in [1.82, 2.24) is 0 Å². The molecule has 4 heteroatoms. The van der Waals surface area contributed by atoms with E-state index in [2.05, 4.69) is 11.4 Å². The van der Waals surface area contributed by atoms with Gasteiger partial charge in [0.25, 0.3) is 0 Å². The monoisotopic (exact) mass is 260 g/mol. The van der Waals surface area contributed by atoms with Crippen molar-refractivity contribution in [3.05, 3.63) is 24.3 Å². The van der Waals surface area contributed by atoms with Crippen molar-refractivity contribution in [2.45, 2.75) is 30.6 Å². The van der Waals surface area contributed by atoms with Gasteiger partial charge in [-0.15, -0.1) is 11.8 Å². The van der Waals surface area contributed by atoms with Crippen LogP contribution in [0.5, 0.6) is 0 Å². The van der Waals surface area contributed by atoms with Gasteiger partial charge in [-0.1, -0.05) is 18.6 Å². The van der Waals surface area contributed by atoms with Gasteiger partial charge >= 0.3 is 0 Å². The number of nitriles is 1. The molecule has 0 bridgehead atoms. The Morgan fingerprint density at radius 1 is 1.44 bits per heavy atom. The molecule has 0 radical (unpaired) electrons. The van der Waals surface area contributed by atoms with Gasteiger partial charge in [0.1, 0.15) is 0 Å². The van der Waals surface area contributed by atoms with Crippen LogP contribution >= 0.6 is 11.8 Å². The Balaban J connectivity index is 1.97. The van der Waals surface area contributed by atoms with Crippen LogP contribution in [0.2, 0.25) is 0 Å². The Kier molecular flexibility index (Phi) is 4.66. The van der Waals surface area contributed by atoms with E-state index >= 15 is 0 Å². The summed E-state index contributed by atoms with van der Waals surface area (Å²) in [5, 5.41) is 11.5. The fraction of sp³-hybridized carbons (Fsp3) is 0.429. The third-order valence-electron chi connectivity index (χ3n) is 3.09. The molecular weight excluding hydrogens is 244 g/mol. The van der Waals surface area contributed by atoms with E-state index in [9.17, 15) is 4.79 Å². The molecule has 3 nitrogen and oxygen atoms in total. The van der Waals surface area contributed by atoms with E-state index in [4.69, 9.17) is 5.26 Å². The maximum absolute atomic E-state index is 11.9. The Labute approximate surface area is 112 Å². The quantitative estimate of drug-likeness (QED) is 0.652. The maximum atomic E-state index is 11.9. The summed E-state index contributed by atoms with van der Waals surface area (Å²) < 4.78 is 0. The first-order chi connectivity index (χ1) is 8.81. The molecule has 0 aromatic heterocycles. The Morgan fingerprint density at radius 2 is 2.22 bits per heavy atom. The van der Waals surface area contributed by atoms with E-state index in [0.29, 0.717) is 6.42 Å². The van der Waals surface area contributed by atoms with Crippen LogP contribution in [0.1, 0.15) is 25.7 Å². The maximum Gasteiger partial charge on any atom is 0.227 e. The number of para-hydroxylation sites is 1. The predicted molar refractivity (Wildman–Crippen MR) is 73.4 cm³/mol. The minimum atomic E-state index is 0.134. The molecule has 1 aliphatic carbocycles. The molecule has 2 rings (SSSR count). The van der Waals surface area contributed by atoms with E-state index in [0.717, 1.165) is 35.6 Å². The number of nitrogens with one attached hydrogen (secondary N) is 1. The molecule has 1 fully saturated rings. The summed E-state index contributed by atoms with van der Waals surface area (Å²) in [6.45, 7) is 0. The molecule has 1 aromatic rings. The highest BCUT2D eigenvalue weighted by Gasteiger charge is 2.25. The van der Waals surface area contributed by atoms with Crippen molar-refractivity contribution < 1.29 is 4.79 Å². The predicted octanol–water partition coefficient (Wildman–Crippen LogP) is 3.43. The minimum absolute atomic E-state index is 0.134. The van der Waals surface area contributed by atoms with E-state index in [-0.39, 0.29) is 11.8 Å². The highest BCUT2D eigenvalue weighted by atomic mass is 32.2. The summed E-state index contributed by atoms with van der Waals surface area (Å²) in [5.74, 6) is 1.09. The Morgan fingerprint density at radius 3 is 2.89 bits per heavy atom. The molecule has 1 aromatic carbocycles. The molecule has 1 aliphatic rings. The number of amides is 1. The summed E-state index contributed by atoms with van der Waals surface area (Å²) in [4.78, 5) is 12.9. The van der Waals surface area contributed by atoms with Crippen molar-refractivity contribution in [3.8, 4) is 6.07 Å². The first kappa shape index (κ1) is 13.0. The number of benzene rings is 1. The minimum Gasteiger partial charge on any atom is -0.325 e. The number of carbonyl (C=O) groups excluding carboxylic acids is 1. The van der Waals surface area contributed by atoms with Crippen molar-refractivity contribution in [1.29, 1.82) is 5.26 Å². The standard InChI is InChI=1S/C14H16N2OS/c15-9-4-10-18-13-8-2-1-7-12(13)16-14(17)11-5-3-6-11/h1-2,7-8,11H,3-6,10H2,(H,16,17). The third-order valence-corrected chi connectivity index (χ3v) is 4.17. The topological polar surface area (TPSA) is 52.9 Å². The first-order valence-electron chi connectivity index (χ1n) is 6.21. The molecular formula is C14H16N2OS. The molecule has 18 heavy (non-hydrogen) atoms. The van der Waals surface area contributed by atoms with Gasteiger partial charge in [0.05, 0.1) is 11.8 Å². The second kappa shape index (κ2) is 6.46. The zero-order valence-electron chi connectivity index (χ0n) is 10.2. The SMILES string of the molecule is N#CCCSc1ccccc1NC(=O)C1CCC1. The molecule has 1 saturated carbocycles. The zero-order valence-corrected chi connectivity index (χ0v) is 11.0. The van der Waals surface area contributed by atoms with Gasteiger partial charge in [-0.05, 0) is 25.0 Å². The molecule has 0 atom stereocenters. The van der Waals surface area contributed by atoms with Gasteiger partial charge in [0.2, 0.25) is 5.91 Å². The summed E-state index contributed by atoms with van der Waals surface area (Å²) in [6, 6.07) is 9.91. The number of rotatable bonds is 5. The van der Waals surface area contributed by atoms with Crippen LogP contribution in [0.3, 0.4) is 0 Å². The van der Waals surface area contributed by atoms with Gasteiger partial charge in [-0.3, -0.25) is 4.79 Å². The van der Waals surface area contributed by atoms with E-state index < -0.39 is 0 Å². The molecule has 1 N–H and O–H groups in total. The largest absolute Gasteiger partial charge is 0.325 e. The average molecular weight is 260 g/mol. The number of nitrogens with zero attached hydrogens (tertiary/aromatic N) is 1. The van der Waals surface area contributed by atoms with Gasteiger partial charge in [0.15, 0.2) is 0 Å². The lowest BCUT2D eigenvalue weighted by atomic mass is 9.85. The molecule has 0 saturated heterocycles. The van der Waals surface area contributed by atoms with Crippen LogP contribution in [0, 0.1) is 17.2 Å². The van der Waals surface area contributed by atoms with Crippen molar-refractivity contribution >= 4 is 23.4 Å². The van der Waals surface area contributed by atoms with Crippen LogP contribution in [0.25, 0.3) is 0 Å². The van der Waals surface area contributed by atoms with Gasteiger partial charge < -0.3 is 5.32 Å². The smallest absolute Gasteiger partial charge is 0.227 e. The highest BCUT2D eigenvalue weighted by Crippen LogP contribution is 2.31.